The van der Waals surface area contributed by atoms with Crippen molar-refractivity contribution in [2.24, 2.45) is 5.92 Å². The number of ether oxygens (including phenoxy) is 2. The zero-order valence-electron chi connectivity index (χ0n) is 21.0. The van der Waals surface area contributed by atoms with E-state index in [0.717, 1.165) is 0 Å². The zero-order chi connectivity index (χ0) is 26.9. The highest BCUT2D eigenvalue weighted by atomic mass is 16.7. The van der Waals surface area contributed by atoms with E-state index in [1.54, 1.807) is 71.8 Å². The molecule has 0 bridgehead atoms. The molecule has 0 saturated carbocycles. The van der Waals surface area contributed by atoms with Crippen molar-refractivity contribution in [1.29, 1.82) is 0 Å². The molecule has 0 aliphatic carbocycles. The van der Waals surface area contributed by atoms with E-state index in [1.807, 2.05) is 42.5 Å². The maximum Gasteiger partial charge on any atom is 0.343 e. The molecule has 6 rings (SSSR count). The van der Waals surface area contributed by atoms with Crippen molar-refractivity contribution in [3.63, 3.8) is 0 Å². The number of carbonyl (C=O) groups is 3. The molecule has 3 atom stereocenters. The van der Waals surface area contributed by atoms with Crippen LogP contribution in [0.5, 0.6) is 11.5 Å². The Hall–Kier alpha value is -4.95. The molecular weight excluding hydrogens is 496 g/mol. The monoisotopic (exact) mass is 520 g/mol. The van der Waals surface area contributed by atoms with Crippen LogP contribution >= 0.6 is 0 Å². The van der Waals surface area contributed by atoms with Crippen LogP contribution in [0.2, 0.25) is 0 Å². The van der Waals surface area contributed by atoms with Gasteiger partial charge in [-0.25, -0.2) is 14.8 Å². The molecule has 2 amide bonds. The average molecular weight is 521 g/mol. The topological polar surface area (TPSA) is 85.4 Å². The van der Waals surface area contributed by atoms with Gasteiger partial charge in [0.1, 0.15) is 5.92 Å². The number of methoxy groups -OCH3 is 1. The lowest BCUT2D eigenvalue weighted by Gasteiger charge is -2.29. The number of para-hydroxylation sites is 2. The van der Waals surface area contributed by atoms with Crippen LogP contribution in [-0.4, -0.2) is 31.0 Å². The fourth-order valence-corrected chi connectivity index (χ4v) is 5.07. The molecule has 4 aromatic rings. The second-order valence-corrected chi connectivity index (χ2v) is 9.17. The number of fused-ring (bicyclic) bond motifs is 1. The number of hydroxylamine groups is 1. The van der Waals surface area contributed by atoms with Gasteiger partial charge >= 0.3 is 5.97 Å². The normalized spacial score (nSPS) is 20.2. The summed E-state index contributed by atoms with van der Waals surface area (Å²) >= 11 is 0. The quantitative estimate of drug-likeness (QED) is 0.202. The SMILES string of the molecule is COc1cc(C2C3C(=O)N(c4ccccc4)C(=O)C3ON2c2ccccc2)ccc1OC(=O)c1ccccc1. The van der Waals surface area contributed by atoms with Gasteiger partial charge in [0.05, 0.1) is 30.1 Å². The summed E-state index contributed by atoms with van der Waals surface area (Å²) in [5.74, 6) is -1.55. The maximum atomic E-state index is 13.8. The minimum absolute atomic E-state index is 0.233. The molecule has 0 aromatic heterocycles. The molecule has 39 heavy (non-hydrogen) atoms. The first kappa shape index (κ1) is 24.4. The Morgan fingerprint density at radius 1 is 0.744 bits per heavy atom. The van der Waals surface area contributed by atoms with Crippen molar-refractivity contribution >= 4 is 29.2 Å². The Bertz CT molecular complexity index is 1530. The van der Waals surface area contributed by atoms with Crippen LogP contribution < -0.4 is 19.4 Å². The number of hydrogen-bond donors (Lipinski definition) is 0. The first-order chi connectivity index (χ1) is 19.1. The molecule has 2 saturated heterocycles. The molecule has 2 aliphatic rings. The minimum Gasteiger partial charge on any atom is -0.493 e. The Morgan fingerprint density at radius 2 is 1.36 bits per heavy atom. The van der Waals surface area contributed by atoms with E-state index in [1.165, 1.54) is 12.0 Å². The van der Waals surface area contributed by atoms with Crippen molar-refractivity contribution in [3.8, 4) is 11.5 Å². The smallest absolute Gasteiger partial charge is 0.343 e. The van der Waals surface area contributed by atoms with Crippen LogP contribution in [0.25, 0.3) is 0 Å². The molecule has 2 heterocycles. The van der Waals surface area contributed by atoms with Crippen molar-refractivity contribution < 1.29 is 28.7 Å². The van der Waals surface area contributed by atoms with Crippen LogP contribution in [0.4, 0.5) is 11.4 Å². The van der Waals surface area contributed by atoms with Gasteiger partial charge in [0.15, 0.2) is 17.6 Å². The lowest BCUT2D eigenvalue weighted by molar-refractivity contribution is -0.126. The number of esters is 1. The Kier molecular flexibility index (Phi) is 6.30. The lowest BCUT2D eigenvalue weighted by Crippen LogP contribution is -2.37. The van der Waals surface area contributed by atoms with Gasteiger partial charge in [-0.15, -0.1) is 0 Å². The molecule has 4 aromatic carbocycles. The van der Waals surface area contributed by atoms with Crippen molar-refractivity contribution in [3.05, 3.63) is 120 Å². The number of amides is 2. The summed E-state index contributed by atoms with van der Waals surface area (Å²) in [5, 5.41) is 1.61. The summed E-state index contributed by atoms with van der Waals surface area (Å²) in [7, 11) is 1.48. The molecule has 3 unspecified atom stereocenters. The highest BCUT2D eigenvalue weighted by Gasteiger charge is 2.60. The number of anilines is 2. The maximum absolute atomic E-state index is 13.8. The van der Waals surface area contributed by atoms with E-state index in [2.05, 4.69) is 0 Å². The number of hydrogen-bond acceptors (Lipinski definition) is 7. The Balaban J connectivity index is 1.38. The summed E-state index contributed by atoms with van der Waals surface area (Å²) in [4.78, 5) is 47.3. The number of nitrogens with zero attached hydrogens (tertiary/aromatic N) is 2. The number of rotatable bonds is 6. The van der Waals surface area contributed by atoms with Gasteiger partial charge in [0.25, 0.3) is 5.91 Å². The highest BCUT2D eigenvalue weighted by Crippen LogP contribution is 2.48. The third-order valence-corrected chi connectivity index (χ3v) is 6.88. The van der Waals surface area contributed by atoms with Crippen molar-refractivity contribution in [2.75, 3.05) is 17.1 Å². The minimum atomic E-state index is -0.996. The molecule has 8 nitrogen and oxygen atoms in total. The Labute approximate surface area is 224 Å². The third kappa shape index (κ3) is 4.30. The van der Waals surface area contributed by atoms with Gasteiger partial charge in [0.2, 0.25) is 5.91 Å². The molecule has 2 aliphatic heterocycles. The van der Waals surface area contributed by atoms with Crippen LogP contribution in [-0.2, 0) is 14.4 Å². The third-order valence-electron chi connectivity index (χ3n) is 6.88. The fourth-order valence-electron chi connectivity index (χ4n) is 5.07. The van der Waals surface area contributed by atoms with E-state index in [0.29, 0.717) is 28.3 Å². The fraction of sp³-hybridized carbons (Fsp3) is 0.129. The van der Waals surface area contributed by atoms with Crippen LogP contribution in [0, 0.1) is 5.92 Å². The van der Waals surface area contributed by atoms with Crippen molar-refractivity contribution in [2.45, 2.75) is 12.1 Å². The number of imide groups is 1. The van der Waals surface area contributed by atoms with Gasteiger partial charge in [-0.05, 0) is 54.1 Å². The summed E-state index contributed by atoms with van der Waals surface area (Å²) in [6.07, 6.45) is -0.996. The van der Waals surface area contributed by atoms with E-state index in [-0.39, 0.29) is 11.7 Å². The lowest BCUT2D eigenvalue weighted by atomic mass is 9.90. The van der Waals surface area contributed by atoms with Gasteiger partial charge < -0.3 is 9.47 Å². The van der Waals surface area contributed by atoms with Gasteiger partial charge in [-0.3, -0.25) is 14.4 Å². The molecule has 8 heteroatoms. The van der Waals surface area contributed by atoms with Gasteiger partial charge in [-0.2, -0.15) is 0 Å². The predicted molar refractivity (Wildman–Crippen MR) is 143 cm³/mol. The van der Waals surface area contributed by atoms with Crippen molar-refractivity contribution in [1.82, 2.24) is 0 Å². The molecule has 2 fully saturated rings. The molecular formula is C31H24N2O6. The molecule has 0 N–H and O–H groups in total. The van der Waals surface area contributed by atoms with E-state index < -0.39 is 29.9 Å². The largest absolute Gasteiger partial charge is 0.493 e. The van der Waals surface area contributed by atoms with E-state index in [4.69, 9.17) is 14.3 Å². The standard InChI is InChI=1S/C31H24N2O6/c1-37-25-19-21(17-18-24(25)38-31(36)20-11-5-2-6-12-20)27-26-28(39-33(27)23-15-9-4-10-16-23)30(35)32(29(26)34)22-13-7-3-8-14-22/h2-19,26-28H,1H3. The van der Waals surface area contributed by atoms with E-state index >= 15 is 0 Å². The average Bonchev–Trinajstić information content (AvgIpc) is 3.50. The second-order valence-electron chi connectivity index (χ2n) is 9.17. The van der Waals surface area contributed by atoms with Gasteiger partial charge in [-0.1, -0.05) is 60.7 Å². The zero-order valence-corrected chi connectivity index (χ0v) is 21.0. The molecule has 194 valence electrons. The summed E-state index contributed by atoms with van der Waals surface area (Å²) in [6.45, 7) is 0. The highest BCUT2D eigenvalue weighted by molar-refractivity contribution is 6.23. The van der Waals surface area contributed by atoms with Crippen LogP contribution in [0.15, 0.2) is 109 Å². The summed E-state index contributed by atoms with van der Waals surface area (Å²) < 4.78 is 11.2. The number of benzene rings is 4. The van der Waals surface area contributed by atoms with Gasteiger partial charge in [0, 0.05) is 0 Å². The Morgan fingerprint density at radius 3 is 2.00 bits per heavy atom. The first-order valence-corrected chi connectivity index (χ1v) is 12.5. The summed E-state index contributed by atoms with van der Waals surface area (Å²) in [5.41, 5.74) is 2.26. The van der Waals surface area contributed by atoms with E-state index in [9.17, 15) is 14.4 Å². The number of carbonyl (C=O) groups excluding carboxylic acids is 3. The predicted octanol–water partition coefficient (Wildman–Crippen LogP) is 4.97. The summed E-state index contributed by atoms with van der Waals surface area (Å²) in [6, 6.07) is 31.2. The van der Waals surface area contributed by atoms with Crippen LogP contribution in [0.1, 0.15) is 22.0 Å². The van der Waals surface area contributed by atoms with Crippen LogP contribution in [0.3, 0.4) is 0 Å². The second kappa shape index (κ2) is 10.1. The first-order valence-electron chi connectivity index (χ1n) is 12.5. The molecule has 0 radical (unpaired) electrons. The molecule has 0 spiro atoms.